The summed E-state index contributed by atoms with van der Waals surface area (Å²) in [6.45, 7) is 6.77. The molecule has 37 heavy (non-hydrogen) atoms. The number of carboxylic acids is 1. The van der Waals surface area contributed by atoms with Crippen LogP contribution in [0.4, 0.5) is 10.1 Å². The molecule has 200 valence electrons. The van der Waals surface area contributed by atoms with E-state index in [1.54, 1.807) is 18.2 Å². The Morgan fingerprint density at radius 3 is 2.49 bits per heavy atom. The molecule has 1 saturated heterocycles. The van der Waals surface area contributed by atoms with Crippen molar-refractivity contribution in [3.05, 3.63) is 64.4 Å². The summed E-state index contributed by atoms with van der Waals surface area (Å²) in [5.74, 6) is -2.70. The van der Waals surface area contributed by atoms with Crippen molar-refractivity contribution >= 4 is 35.1 Å². The van der Waals surface area contributed by atoms with Crippen LogP contribution in [0.5, 0.6) is 0 Å². The van der Waals surface area contributed by atoms with E-state index in [-0.39, 0.29) is 54.3 Å². The zero-order valence-electron chi connectivity index (χ0n) is 21.4. The average molecular weight is 533 g/mol. The molecule has 7 nitrogen and oxygen atoms in total. The van der Waals surface area contributed by atoms with Gasteiger partial charge in [0.05, 0.1) is 5.92 Å². The monoisotopic (exact) mass is 532 g/mol. The molecule has 2 N–H and O–H groups in total. The van der Waals surface area contributed by atoms with Crippen LogP contribution in [-0.2, 0) is 14.4 Å². The first kappa shape index (κ1) is 28.6. The minimum atomic E-state index is -1.37. The van der Waals surface area contributed by atoms with Crippen molar-refractivity contribution in [1.82, 2.24) is 4.90 Å². The number of nitrogens with zero attached hydrogens (tertiary/aromatic N) is 2. The van der Waals surface area contributed by atoms with Crippen LogP contribution in [0.1, 0.15) is 63.7 Å². The van der Waals surface area contributed by atoms with Crippen molar-refractivity contribution in [2.24, 2.45) is 11.3 Å². The van der Waals surface area contributed by atoms with Crippen LogP contribution in [0.25, 0.3) is 0 Å². The van der Waals surface area contributed by atoms with Crippen LogP contribution in [-0.4, -0.2) is 52.5 Å². The summed E-state index contributed by atoms with van der Waals surface area (Å²) in [7, 11) is 0. The first-order valence-corrected chi connectivity index (χ1v) is 12.8. The van der Waals surface area contributed by atoms with Crippen LogP contribution in [0.15, 0.2) is 42.5 Å². The number of carbonyl (C=O) groups excluding carboxylic acids is 2. The van der Waals surface area contributed by atoms with E-state index in [0.717, 1.165) is 0 Å². The SMILES string of the molecule is CC(C)(C)CN(C(=O)CCC(=O)N1CCCC(C(=O)O)C1)c1ccc(Cl)cc1C(O)c1ccccc1F. The molecule has 2 atom stereocenters. The number of anilines is 1. The van der Waals surface area contributed by atoms with E-state index in [2.05, 4.69) is 0 Å². The highest BCUT2D eigenvalue weighted by Crippen LogP contribution is 2.36. The number of likely N-dealkylation sites (tertiary alicyclic amines) is 1. The Morgan fingerprint density at radius 1 is 1.14 bits per heavy atom. The number of aliphatic hydroxyl groups is 1. The predicted molar refractivity (Wildman–Crippen MR) is 140 cm³/mol. The molecule has 1 heterocycles. The van der Waals surface area contributed by atoms with Gasteiger partial charge in [0.1, 0.15) is 11.9 Å². The zero-order chi connectivity index (χ0) is 27.3. The van der Waals surface area contributed by atoms with E-state index >= 15 is 0 Å². The second kappa shape index (κ2) is 12.0. The Hall–Kier alpha value is -2.97. The number of hydrogen-bond donors (Lipinski definition) is 2. The second-order valence-corrected chi connectivity index (χ2v) is 11.1. The Balaban J connectivity index is 1.86. The highest BCUT2D eigenvalue weighted by Gasteiger charge is 2.31. The maximum absolute atomic E-state index is 14.5. The summed E-state index contributed by atoms with van der Waals surface area (Å²) in [6.07, 6.45) is -0.394. The molecule has 1 fully saturated rings. The third-order valence-corrected chi connectivity index (χ3v) is 6.62. The zero-order valence-corrected chi connectivity index (χ0v) is 22.2. The number of carboxylic acid groups (broad SMARTS) is 1. The largest absolute Gasteiger partial charge is 0.481 e. The van der Waals surface area contributed by atoms with Crippen molar-refractivity contribution in [2.75, 3.05) is 24.5 Å². The molecule has 1 aliphatic heterocycles. The maximum Gasteiger partial charge on any atom is 0.308 e. The van der Waals surface area contributed by atoms with Gasteiger partial charge in [-0.1, -0.05) is 50.6 Å². The Bertz CT molecular complexity index is 1150. The van der Waals surface area contributed by atoms with Gasteiger partial charge in [0, 0.05) is 54.3 Å². The molecule has 0 spiro atoms. The van der Waals surface area contributed by atoms with Gasteiger partial charge in [-0.25, -0.2) is 4.39 Å². The number of aliphatic carboxylic acids is 1. The van der Waals surface area contributed by atoms with Crippen molar-refractivity contribution in [1.29, 1.82) is 0 Å². The van der Waals surface area contributed by atoms with Gasteiger partial charge >= 0.3 is 5.97 Å². The number of carbonyl (C=O) groups is 3. The van der Waals surface area contributed by atoms with Crippen molar-refractivity contribution in [3.8, 4) is 0 Å². The molecule has 2 amide bonds. The summed E-state index contributed by atoms with van der Waals surface area (Å²) in [4.78, 5) is 40.7. The van der Waals surface area contributed by atoms with E-state index < -0.39 is 23.8 Å². The lowest BCUT2D eigenvalue weighted by atomic mass is 9.93. The molecule has 1 aliphatic rings. The Kier molecular flexibility index (Phi) is 9.31. The van der Waals surface area contributed by atoms with E-state index in [1.165, 1.54) is 34.1 Å². The van der Waals surface area contributed by atoms with Crippen LogP contribution in [0.3, 0.4) is 0 Å². The molecule has 0 saturated carbocycles. The fourth-order valence-electron chi connectivity index (χ4n) is 4.55. The third-order valence-electron chi connectivity index (χ3n) is 6.38. The predicted octanol–water partition coefficient (Wildman–Crippen LogP) is 5.04. The lowest BCUT2D eigenvalue weighted by molar-refractivity contribution is -0.146. The van der Waals surface area contributed by atoms with Crippen LogP contribution in [0, 0.1) is 17.2 Å². The number of piperidine rings is 1. The van der Waals surface area contributed by atoms with Gasteiger partial charge < -0.3 is 20.0 Å². The first-order chi connectivity index (χ1) is 17.4. The van der Waals surface area contributed by atoms with E-state index in [4.69, 9.17) is 11.6 Å². The molecule has 0 aliphatic carbocycles. The number of aliphatic hydroxyl groups excluding tert-OH is 1. The molecule has 0 aromatic heterocycles. The summed E-state index contributed by atoms with van der Waals surface area (Å²) < 4.78 is 14.5. The molecule has 9 heteroatoms. The Morgan fingerprint density at radius 2 is 1.84 bits per heavy atom. The molecule has 0 radical (unpaired) electrons. The van der Waals surface area contributed by atoms with Crippen molar-refractivity contribution in [3.63, 3.8) is 0 Å². The molecule has 0 bridgehead atoms. The van der Waals surface area contributed by atoms with Crippen LogP contribution < -0.4 is 4.90 Å². The number of halogens is 2. The van der Waals surface area contributed by atoms with Crippen molar-refractivity contribution < 1.29 is 29.0 Å². The van der Waals surface area contributed by atoms with Gasteiger partial charge in [0.15, 0.2) is 0 Å². The van der Waals surface area contributed by atoms with Gasteiger partial charge in [-0.05, 0) is 42.5 Å². The first-order valence-electron chi connectivity index (χ1n) is 12.4. The number of benzene rings is 2. The standard InChI is InChI=1S/C28H34ClFN2O5/c1-28(2,3)17-32(25(34)13-12-24(33)31-14-6-7-18(16-31)27(36)37)23-11-10-19(29)15-21(23)26(35)20-8-4-5-9-22(20)30/h4-5,8-11,15,18,26,35H,6-7,12-14,16-17H2,1-3H3,(H,36,37). The van der Waals surface area contributed by atoms with Crippen molar-refractivity contribution in [2.45, 2.75) is 52.6 Å². The van der Waals surface area contributed by atoms with Crippen LogP contribution in [0.2, 0.25) is 5.02 Å². The van der Waals surface area contributed by atoms with Gasteiger partial charge in [-0.15, -0.1) is 0 Å². The highest BCUT2D eigenvalue weighted by atomic mass is 35.5. The fourth-order valence-corrected chi connectivity index (χ4v) is 4.73. The van der Waals surface area contributed by atoms with E-state index in [9.17, 15) is 29.0 Å². The lowest BCUT2D eigenvalue weighted by Gasteiger charge is -2.33. The van der Waals surface area contributed by atoms with E-state index in [1.807, 2.05) is 20.8 Å². The summed E-state index contributed by atoms with van der Waals surface area (Å²) >= 11 is 6.23. The Labute approximate surface area is 221 Å². The summed E-state index contributed by atoms with van der Waals surface area (Å²) in [5, 5.41) is 20.7. The molecule has 2 aromatic carbocycles. The van der Waals surface area contributed by atoms with Crippen LogP contribution >= 0.6 is 11.6 Å². The third kappa shape index (κ3) is 7.52. The molecule has 2 aromatic rings. The molecule has 3 rings (SSSR count). The molecule has 2 unspecified atom stereocenters. The van der Waals surface area contributed by atoms with Gasteiger partial charge in [0.2, 0.25) is 11.8 Å². The minimum absolute atomic E-state index is 0.0578. The number of rotatable bonds is 8. The lowest BCUT2D eigenvalue weighted by Crippen LogP contribution is -2.43. The normalized spacial score (nSPS) is 16.8. The average Bonchev–Trinajstić information content (AvgIpc) is 2.85. The highest BCUT2D eigenvalue weighted by molar-refractivity contribution is 6.30. The fraction of sp³-hybridized carbons (Fsp3) is 0.464. The minimum Gasteiger partial charge on any atom is -0.481 e. The quantitative estimate of drug-likeness (QED) is 0.496. The van der Waals surface area contributed by atoms with E-state index in [0.29, 0.717) is 30.1 Å². The summed E-state index contributed by atoms with van der Waals surface area (Å²) in [5.41, 5.74) is 0.391. The molecular weight excluding hydrogens is 499 g/mol. The maximum atomic E-state index is 14.5. The van der Waals surface area contributed by atoms with Gasteiger partial charge in [-0.2, -0.15) is 0 Å². The topological polar surface area (TPSA) is 98.2 Å². The molecular formula is C28H34ClFN2O5. The van der Waals surface area contributed by atoms with Gasteiger partial charge in [-0.3, -0.25) is 14.4 Å². The van der Waals surface area contributed by atoms with Gasteiger partial charge in [0.25, 0.3) is 0 Å². The smallest absolute Gasteiger partial charge is 0.308 e. The second-order valence-electron chi connectivity index (χ2n) is 10.7. The number of amides is 2. The number of hydrogen-bond acceptors (Lipinski definition) is 4. The summed E-state index contributed by atoms with van der Waals surface area (Å²) in [6, 6.07) is 10.6.